The normalized spacial score (nSPS) is 17.3. The third-order valence-electron chi connectivity index (χ3n) is 1.98. The Kier molecular flexibility index (Phi) is 8.77. The molecule has 92 valence electrons. The molecule has 2 atom stereocenters. The number of alkyl halides is 1. The minimum Gasteiger partial charge on any atom is -0.302 e. The summed E-state index contributed by atoms with van der Waals surface area (Å²) < 4.78 is 20.8. The van der Waals surface area contributed by atoms with Crippen molar-refractivity contribution in [3.05, 3.63) is 0 Å². The average molecular weight is 259 g/mol. The minimum atomic E-state index is -3.95. The van der Waals surface area contributed by atoms with E-state index in [1.54, 1.807) is 0 Å². The summed E-state index contributed by atoms with van der Waals surface area (Å²) in [7, 11) is -3.95. The molecule has 15 heavy (non-hydrogen) atoms. The fourth-order valence-corrected chi connectivity index (χ4v) is 2.43. The molecule has 0 saturated carbocycles. The van der Waals surface area contributed by atoms with Gasteiger partial charge < -0.3 is 4.89 Å². The summed E-state index contributed by atoms with van der Waals surface area (Å²) in [5, 5.41) is 0. The molecule has 0 aliphatic heterocycles. The summed E-state index contributed by atoms with van der Waals surface area (Å²) in [5.41, 5.74) is 0. The maximum atomic E-state index is 11.3. The number of phosphoric ester groups is 1. The molecule has 0 heterocycles. The molecule has 0 aliphatic carbocycles. The highest BCUT2D eigenvalue weighted by molar-refractivity contribution is 7.47. The molecule has 0 aromatic carbocycles. The van der Waals surface area contributed by atoms with E-state index in [0.29, 0.717) is 0 Å². The second kappa shape index (κ2) is 8.54. The van der Waals surface area contributed by atoms with E-state index in [-0.39, 0.29) is 12.2 Å². The van der Waals surface area contributed by atoms with E-state index in [2.05, 4.69) is 11.4 Å². The first kappa shape index (κ1) is 15.4. The summed E-state index contributed by atoms with van der Waals surface area (Å²) in [5.74, 6) is 0. The van der Waals surface area contributed by atoms with Crippen LogP contribution in [0.4, 0.5) is 0 Å². The van der Waals surface area contributed by atoms with Crippen LogP contribution in [0.2, 0.25) is 0 Å². The van der Waals surface area contributed by atoms with E-state index in [9.17, 15) is 9.46 Å². The first-order valence-electron chi connectivity index (χ1n) is 5.27. The Morgan fingerprint density at radius 2 is 2.00 bits per heavy atom. The first-order chi connectivity index (χ1) is 7.05. The van der Waals surface area contributed by atoms with Crippen molar-refractivity contribution in [1.82, 2.24) is 0 Å². The van der Waals surface area contributed by atoms with Gasteiger partial charge in [0.25, 0.3) is 0 Å². The van der Waals surface area contributed by atoms with Crippen LogP contribution >= 0.6 is 19.4 Å². The number of hydrogen-bond acceptors (Lipinski definition) is 3. The van der Waals surface area contributed by atoms with E-state index in [4.69, 9.17) is 16.1 Å². The Morgan fingerprint density at radius 1 is 1.33 bits per heavy atom. The molecule has 0 amide bonds. The van der Waals surface area contributed by atoms with Gasteiger partial charge in [-0.05, 0) is 12.8 Å². The predicted octanol–water partition coefficient (Wildman–Crippen LogP) is 3.68. The van der Waals surface area contributed by atoms with Gasteiger partial charge >= 0.3 is 7.82 Å². The molecule has 0 bridgehead atoms. The minimum absolute atomic E-state index is 0.214. The van der Waals surface area contributed by atoms with Crippen LogP contribution in [-0.4, -0.2) is 17.1 Å². The maximum Gasteiger partial charge on any atom is 0.473 e. The number of unbranched alkanes of at least 4 members (excludes halogenated alkanes) is 1. The largest absolute Gasteiger partial charge is 0.473 e. The summed E-state index contributed by atoms with van der Waals surface area (Å²) in [6.45, 7) is 4.07. The van der Waals surface area contributed by atoms with Crippen LogP contribution in [0.25, 0.3) is 0 Å². The van der Waals surface area contributed by atoms with Crippen molar-refractivity contribution < 1.29 is 18.5 Å². The van der Waals surface area contributed by atoms with Crippen LogP contribution in [0, 0.1) is 0 Å². The predicted molar refractivity (Wildman–Crippen MR) is 60.9 cm³/mol. The molecule has 2 unspecified atom stereocenters. The topological polar surface area (TPSA) is 55.8 Å². The van der Waals surface area contributed by atoms with E-state index in [1.807, 2.05) is 6.92 Å². The van der Waals surface area contributed by atoms with Gasteiger partial charge in [-0.3, -0.25) is 9.05 Å². The lowest BCUT2D eigenvalue weighted by Crippen LogP contribution is -2.12. The molecule has 6 heteroatoms. The third-order valence-corrected chi connectivity index (χ3v) is 3.27. The van der Waals surface area contributed by atoms with E-state index < -0.39 is 7.82 Å². The fraction of sp³-hybridized carbons (Fsp3) is 1.00. The maximum absolute atomic E-state index is 11.3. The molecular weight excluding hydrogens is 239 g/mol. The van der Waals surface area contributed by atoms with Crippen LogP contribution in [-0.2, 0) is 13.6 Å². The van der Waals surface area contributed by atoms with Gasteiger partial charge in [-0.15, -0.1) is 0 Å². The van der Waals surface area contributed by atoms with Gasteiger partial charge in [0.1, 0.15) is 6.07 Å². The summed E-state index contributed by atoms with van der Waals surface area (Å²) in [6, 6.07) is -0.333. The molecule has 0 aromatic rings. The van der Waals surface area contributed by atoms with E-state index in [1.165, 1.54) is 0 Å². The van der Waals surface area contributed by atoms with E-state index >= 15 is 0 Å². The van der Waals surface area contributed by atoms with Gasteiger partial charge in [0, 0.05) is 0 Å². The van der Waals surface area contributed by atoms with E-state index in [0.717, 1.165) is 32.1 Å². The highest BCUT2D eigenvalue weighted by Gasteiger charge is 2.25. The van der Waals surface area contributed by atoms with Gasteiger partial charge in [-0.1, -0.05) is 44.7 Å². The number of halogens is 1. The van der Waals surface area contributed by atoms with Crippen molar-refractivity contribution in [2.75, 3.05) is 6.07 Å². The van der Waals surface area contributed by atoms with Gasteiger partial charge in [0.2, 0.25) is 0 Å². The lowest BCUT2D eigenvalue weighted by atomic mass is 10.1. The van der Waals surface area contributed by atoms with Gasteiger partial charge in [0.05, 0.1) is 6.10 Å². The Morgan fingerprint density at radius 3 is 2.47 bits per heavy atom. The van der Waals surface area contributed by atoms with Crippen LogP contribution in [0.15, 0.2) is 0 Å². The zero-order valence-electron chi connectivity index (χ0n) is 9.32. The van der Waals surface area contributed by atoms with Crippen LogP contribution in [0.1, 0.15) is 46.0 Å². The lowest BCUT2D eigenvalue weighted by Gasteiger charge is -2.19. The van der Waals surface area contributed by atoms with Gasteiger partial charge in [0.15, 0.2) is 0 Å². The molecule has 4 nitrogen and oxygen atoms in total. The highest BCUT2D eigenvalue weighted by Crippen LogP contribution is 2.45. The van der Waals surface area contributed by atoms with Gasteiger partial charge in [-0.2, -0.15) is 0 Å². The Hall–Kier alpha value is 0.400. The molecule has 0 spiro atoms. The lowest BCUT2D eigenvalue weighted by molar-refractivity contribution is 0.102. The molecule has 1 N–H and O–H groups in total. The first-order valence-corrected chi connectivity index (χ1v) is 7.30. The smallest absolute Gasteiger partial charge is 0.302 e. The van der Waals surface area contributed by atoms with Crippen molar-refractivity contribution in [2.24, 2.45) is 0 Å². The summed E-state index contributed by atoms with van der Waals surface area (Å²) >= 11 is 5.22. The van der Waals surface area contributed by atoms with Crippen LogP contribution in [0.5, 0.6) is 0 Å². The number of phosphoric acid groups is 1. The zero-order chi connectivity index (χ0) is 11.7. The number of rotatable bonds is 9. The molecule has 0 aliphatic rings. The van der Waals surface area contributed by atoms with Crippen molar-refractivity contribution in [3.63, 3.8) is 0 Å². The molecular formula is C9H20ClO4P. The fourth-order valence-electron chi connectivity index (χ4n) is 1.28. The quantitative estimate of drug-likeness (QED) is 0.506. The second-order valence-corrected chi connectivity index (χ2v) is 4.99. The average Bonchev–Trinajstić information content (AvgIpc) is 2.14. The Bertz CT molecular complexity index is 201. The molecule has 0 radical (unpaired) electrons. The van der Waals surface area contributed by atoms with Crippen LogP contribution in [0.3, 0.4) is 0 Å². The molecule has 0 aromatic heterocycles. The monoisotopic (exact) mass is 258 g/mol. The van der Waals surface area contributed by atoms with Crippen molar-refractivity contribution in [3.8, 4) is 0 Å². The molecule has 0 saturated heterocycles. The summed E-state index contributed by atoms with van der Waals surface area (Å²) in [6.07, 6.45) is 4.25. The Balaban J connectivity index is 4.07. The van der Waals surface area contributed by atoms with Crippen molar-refractivity contribution >= 4 is 19.4 Å². The Labute approximate surface area is 96.5 Å². The third kappa shape index (κ3) is 8.23. The molecule has 0 fully saturated rings. The zero-order valence-corrected chi connectivity index (χ0v) is 11.0. The standard InChI is InChI=1S/C9H20ClO4P/c1-3-5-7-9(6-4-2)14-15(11,12)13-8-10/h9H,3-8H2,1-2H3,(H,11,12). The van der Waals surface area contributed by atoms with Gasteiger partial charge in [-0.25, -0.2) is 4.57 Å². The second-order valence-electron chi connectivity index (χ2n) is 3.37. The van der Waals surface area contributed by atoms with Crippen molar-refractivity contribution in [2.45, 2.75) is 52.1 Å². The number of hydrogen-bond donors (Lipinski definition) is 1. The SMILES string of the molecule is CCCCC(CCC)OP(=O)(O)OCCl. The van der Waals surface area contributed by atoms with Crippen LogP contribution < -0.4 is 0 Å². The molecule has 0 rings (SSSR count). The highest BCUT2D eigenvalue weighted by atomic mass is 35.5. The van der Waals surface area contributed by atoms with Crippen molar-refractivity contribution in [1.29, 1.82) is 0 Å². The summed E-state index contributed by atoms with van der Waals surface area (Å²) in [4.78, 5) is 9.24.